The topological polar surface area (TPSA) is 70.8 Å². The second kappa shape index (κ2) is 5.59. The number of rotatable bonds is 3. The molecule has 120 valence electrons. The first-order valence-electron chi connectivity index (χ1n) is 7.39. The number of esters is 1. The van der Waals surface area contributed by atoms with Gasteiger partial charge in [-0.1, -0.05) is 6.07 Å². The highest BCUT2D eigenvalue weighted by molar-refractivity contribution is 6.62. The fourth-order valence-electron chi connectivity index (χ4n) is 2.35. The second-order valence-electron chi connectivity index (χ2n) is 6.74. The van der Waals surface area contributed by atoms with Crippen LogP contribution in [0.15, 0.2) is 12.1 Å². The Morgan fingerprint density at radius 3 is 2.27 bits per heavy atom. The van der Waals surface area contributed by atoms with Crippen LogP contribution in [-0.2, 0) is 25.3 Å². The average molecular weight is 305 g/mol. The van der Waals surface area contributed by atoms with Crippen molar-refractivity contribution in [3.63, 3.8) is 0 Å². The zero-order valence-electron chi connectivity index (χ0n) is 14.1. The van der Waals surface area contributed by atoms with Crippen molar-refractivity contribution in [1.82, 2.24) is 0 Å². The largest absolute Gasteiger partial charge is 0.494 e. The third-order valence-corrected chi connectivity index (χ3v) is 4.67. The highest BCUT2D eigenvalue weighted by Gasteiger charge is 2.51. The summed E-state index contributed by atoms with van der Waals surface area (Å²) in [5.41, 5.74) is 8.39. The van der Waals surface area contributed by atoms with Crippen molar-refractivity contribution in [2.75, 3.05) is 12.8 Å². The highest BCUT2D eigenvalue weighted by Crippen LogP contribution is 2.36. The van der Waals surface area contributed by atoms with Crippen LogP contribution < -0.4 is 11.2 Å². The van der Waals surface area contributed by atoms with Crippen LogP contribution >= 0.6 is 0 Å². The first-order valence-corrected chi connectivity index (χ1v) is 7.39. The summed E-state index contributed by atoms with van der Waals surface area (Å²) in [5.74, 6) is -0.298. The van der Waals surface area contributed by atoms with Gasteiger partial charge in [-0.3, -0.25) is 4.79 Å². The Balaban J connectivity index is 2.35. The van der Waals surface area contributed by atoms with Gasteiger partial charge in [-0.2, -0.15) is 0 Å². The Morgan fingerprint density at radius 2 is 1.77 bits per heavy atom. The molecule has 22 heavy (non-hydrogen) atoms. The maximum atomic E-state index is 11.6. The van der Waals surface area contributed by atoms with E-state index in [-0.39, 0.29) is 12.4 Å². The summed E-state index contributed by atoms with van der Waals surface area (Å²) in [4.78, 5) is 11.6. The van der Waals surface area contributed by atoms with Gasteiger partial charge >= 0.3 is 13.1 Å². The molecular weight excluding hydrogens is 281 g/mol. The summed E-state index contributed by atoms with van der Waals surface area (Å²) in [5, 5.41) is 0. The number of methoxy groups -OCH3 is 1. The first-order chi connectivity index (χ1) is 10.1. The smallest absolute Gasteiger partial charge is 0.469 e. The molecule has 1 fully saturated rings. The normalized spacial score (nSPS) is 19.3. The maximum Gasteiger partial charge on any atom is 0.494 e. The standard InChI is InChI=1S/C16H24BNO4/c1-10-11(8-14(19)20-6)7-12(9-13(10)18)17-21-15(2,3)16(4,5)22-17/h7,9H,8,18H2,1-6H3. The summed E-state index contributed by atoms with van der Waals surface area (Å²) in [7, 11) is 0.878. The van der Waals surface area contributed by atoms with Gasteiger partial charge in [0, 0.05) is 5.69 Å². The van der Waals surface area contributed by atoms with Crippen molar-refractivity contribution >= 4 is 24.2 Å². The SMILES string of the molecule is COC(=O)Cc1cc(B2OC(C)(C)C(C)(C)O2)cc(N)c1C. The van der Waals surface area contributed by atoms with Crippen molar-refractivity contribution in [2.24, 2.45) is 0 Å². The van der Waals surface area contributed by atoms with E-state index in [2.05, 4.69) is 0 Å². The number of benzene rings is 1. The zero-order valence-corrected chi connectivity index (χ0v) is 14.1. The molecule has 6 heteroatoms. The first kappa shape index (κ1) is 16.8. The van der Waals surface area contributed by atoms with Crippen molar-refractivity contribution < 1.29 is 18.8 Å². The summed E-state index contributed by atoms with van der Waals surface area (Å²) in [6.07, 6.45) is 0.180. The van der Waals surface area contributed by atoms with E-state index in [0.717, 1.165) is 16.6 Å². The number of hydrogen-bond donors (Lipinski definition) is 1. The van der Waals surface area contributed by atoms with Crippen molar-refractivity contribution in [2.45, 2.75) is 52.2 Å². The fraction of sp³-hybridized carbons (Fsp3) is 0.562. The lowest BCUT2D eigenvalue weighted by molar-refractivity contribution is -0.139. The molecule has 0 bridgehead atoms. The fourth-order valence-corrected chi connectivity index (χ4v) is 2.35. The third kappa shape index (κ3) is 2.98. The molecule has 2 rings (SSSR count). The van der Waals surface area contributed by atoms with Crippen LogP contribution in [0.2, 0.25) is 0 Å². The molecule has 5 nitrogen and oxygen atoms in total. The lowest BCUT2D eigenvalue weighted by atomic mass is 9.77. The number of carbonyl (C=O) groups is 1. The molecule has 2 N–H and O–H groups in total. The third-order valence-electron chi connectivity index (χ3n) is 4.67. The van der Waals surface area contributed by atoms with Crippen molar-refractivity contribution in [3.05, 3.63) is 23.3 Å². The molecule has 0 radical (unpaired) electrons. The van der Waals surface area contributed by atoms with E-state index in [1.54, 1.807) is 0 Å². The van der Waals surface area contributed by atoms with E-state index in [1.807, 2.05) is 46.8 Å². The number of ether oxygens (including phenoxy) is 1. The van der Waals surface area contributed by atoms with Gasteiger partial charge in [0.25, 0.3) is 0 Å². The molecular formula is C16H24BNO4. The molecule has 1 aliphatic heterocycles. The van der Waals surface area contributed by atoms with Gasteiger partial charge in [-0.25, -0.2) is 0 Å². The molecule has 0 unspecified atom stereocenters. The molecule has 0 spiro atoms. The Morgan fingerprint density at radius 1 is 1.23 bits per heavy atom. The summed E-state index contributed by atoms with van der Waals surface area (Å²) < 4.78 is 16.8. The minimum atomic E-state index is -0.496. The van der Waals surface area contributed by atoms with E-state index in [9.17, 15) is 4.79 Å². The Kier molecular flexibility index (Phi) is 4.28. The highest BCUT2D eigenvalue weighted by atomic mass is 16.7. The van der Waals surface area contributed by atoms with Crippen LogP contribution in [0.25, 0.3) is 0 Å². The molecule has 0 saturated carbocycles. The lowest BCUT2D eigenvalue weighted by Gasteiger charge is -2.32. The van der Waals surface area contributed by atoms with Gasteiger partial charge in [0.2, 0.25) is 0 Å². The van der Waals surface area contributed by atoms with Crippen LogP contribution in [0.5, 0.6) is 0 Å². The van der Waals surface area contributed by atoms with Gasteiger partial charge in [0.1, 0.15) is 0 Å². The van der Waals surface area contributed by atoms with Crippen LogP contribution in [0.4, 0.5) is 5.69 Å². The molecule has 0 aliphatic carbocycles. The average Bonchev–Trinajstić information content (AvgIpc) is 2.63. The molecule has 0 amide bonds. The summed E-state index contributed by atoms with van der Waals surface area (Å²) in [6.45, 7) is 9.89. The molecule has 1 heterocycles. The van der Waals surface area contributed by atoms with Crippen LogP contribution in [0.1, 0.15) is 38.8 Å². The van der Waals surface area contributed by atoms with Gasteiger partial charge in [-0.05, 0) is 57.3 Å². The van der Waals surface area contributed by atoms with Crippen LogP contribution in [-0.4, -0.2) is 31.4 Å². The number of anilines is 1. The number of nitrogens with two attached hydrogens (primary N) is 1. The van der Waals surface area contributed by atoms with E-state index >= 15 is 0 Å². The van der Waals surface area contributed by atoms with E-state index in [0.29, 0.717) is 5.69 Å². The minimum Gasteiger partial charge on any atom is -0.469 e. The van der Waals surface area contributed by atoms with Crippen molar-refractivity contribution in [1.29, 1.82) is 0 Å². The maximum absolute atomic E-state index is 11.6. The monoisotopic (exact) mass is 305 g/mol. The van der Waals surface area contributed by atoms with Gasteiger partial charge in [-0.15, -0.1) is 0 Å². The summed E-state index contributed by atoms with van der Waals surface area (Å²) in [6, 6.07) is 3.75. The minimum absolute atomic E-state index is 0.180. The number of hydrogen-bond acceptors (Lipinski definition) is 5. The van der Waals surface area contributed by atoms with E-state index < -0.39 is 18.3 Å². The van der Waals surface area contributed by atoms with E-state index in [4.69, 9.17) is 19.8 Å². The Hall–Kier alpha value is -1.53. The molecule has 1 saturated heterocycles. The Labute approximate surface area is 132 Å². The number of nitrogen functional groups attached to an aromatic ring is 1. The molecule has 1 aromatic rings. The van der Waals surface area contributed by atoms with Crippen LogP contribution in [0.3, 0.4) is 0 Å². The second-order valence-corrected chi connectivity index (χ2v) is 6.74. The van der Waals surface area contributed by atoms with Gasteiger partial charge < -0.3 is 19.8 Å². The van der Waals surface area contributed by atoms with Gasteiger partial charge in [0.15, 0.2) is 0 Å². The van der Waals surface area contributed by atoms with E-state index in [1.165, 1.54) is 7.11 Å². The zero-order chi connectivity index (χ0) is 16.7. The van der Waals surface area contributed by atoms with Gasteiger partial charge in [0.05, 0.1) is 24.7 Å². The predicted octanol–water partition coefficient (Wildman–Crippen LogP) is 1.59. The van der Waals surface area contributed by atoms with Crippen molar-refractivity contribution in [3.8, 4) is 0 Å². The molecule has 1 aliphatic rings. The number of carbonyl (C=O) groups excluding carboxylic acids is 1. The molecule has 1 aromatic carbocycles. The molecule has 0 atom stereocenters. The lowest BCUT2D eigenvalue weighted by Crippen LogP contribution is -2.41. The molecule has 0 aromatic heterocycles. The quantitative estimate of drug-likeness (QED) is 0.522. The summed E-state index contributed by atoms with van der Waals surface area (Å²) >= 11 is 0. The van der Waals surface area contributed by atoms with Crippen LogP contribution in [0, 0.1) is 6.92 Å². The predicted molar refractivity (Wildman–Crippen MR) is 87.0 cm³/mol. The Bertz CT molecular complexity index is 582.